The van der Waals surface area contributed by atoms with Gasteiger partial charge < -0.3 is 15.0 Å². The first kappa shape index (κ1) is 21.5. The number of nitrogens with one attached hydrogen (secondary N) is 1. The van der Waals surface area contributed by atoms with Gasteiger partial charge in [0.05, 0.1) is 16.0 Å². The number of hydrogen-bond acceptors (Lipinski definition) is 4. The summed E-state index contributed by atoms with van der Waals surface area (Å²) in [7, 11) is 1.65. The summed E-state index contributed by atoms with van der Waals surface area (Å²) < 4.78 is 5.04. The first-order valence-electron chi connectivity index (χ1n) is 10.1. The molecule has 154 valence electrons. The van der Waals surface area contributed by atoms with Crippen molar-refractivity contribution >= 4 is 35.2 Å². The Hall–Kier alpha value is -1.24. The van der Waals surface area contributed by atoms with Crippen molar-refractivity contribution in [1.29, 1.82) is 0 Å². The molecule has 28 heavy (non-hydrogen) atoms. The normalized spacial score (nSPS) is 23.0. The fourth-order valence-corrected chi connectivity index (χ4v) is 5.94. The maximum absolute atomic E-state index is 13.4. The monoisotopic (exact) mass is 424 g/mol. The first-order chi connectivity index (χ1) is 13.6. The minimum Gasteiger partial charge on any atom is -0.385 e. The van der Waals surface area contributed by atoms with Crippen molar-refractivity contribution in [3.05, 3.63) is 34.9 Å². The lowest BCUT2D eigenvalue weighted by molar-refractivity contribution is -0.125. The second-order valence-corrected chi connectivity index (χ2v) is 9.02. The molecule has 2 unspecified atom stereocenters. The molecule has 1 N–H and O–H groups in total. The van der Waals surface area contributed by atoms with Crippen LogP contribution in [-0.2, 0) is 9.53 Å². The van der Waals surface area contributed by atoms with E-state index >= 15 is 0 Å². The minimum absolute atomic E-state index is 0.0406. The summed E-state index contributed by atoms with van der Waals surface area (Å²) in [6, 6.07) is 6.66. The summed E-state index contributed by atoms with van der Waals surface area (Å²) >= 11 is 8.05. The molecule has 1 aliphatic carbocycles. The molecule has 1 heterocycles. The van der Waals surface area contributed by atoms with Crippen LogP contribution < -0.4 is 5.32 Å². The fraction of sp³-hybridized carbons (Fsp3) is 0.619. The van der Waals surface area contributed by atoms with Crippen molar-refractivity contribution in [3.63, 3.8) is 0 Å². The summed E-state index contributed by atoms with van der Waals surface area (Å²) in [5, 5.41) is 3.45. The molecule has 0 radical (unpaired) electrons. The molecule has 7 heteroatoms. The van der Waals surface area contributed by atoms with E-state index in [9.17, 15) is 9.59 Å². The number of amides is 2. The molecular formula is C21H29ClN2O3S. The summed E-state index contributed by atoms with van der Waals surface area (Å²) in [6.45, 7) is 1.16. The van der Waals surface area contributed by atoms with Gasteiger partial charge in [0, 0.05) is 26.0 Å². The number of carbonyl (C=O) groups is 2. The largest absolute Gasteiger partial charge is 0.385 e. The van der Waals surface area contributed by atoms with Crippen LogP contribution in [0.25, 0.3) is 0 Å². The van der Waals surface area contributed by atoms with Gasteiger partial charge in [-0.15, -0.1) is 11.8 Å². The molecule has 1 aromatic carbocycles. The number of ether oxygens (including phenoxy) is 1. The lowest BCUT2D eigenvalue weighted by atomic mass is 9.88. The zero-order valence-electron chi connectivity index (χ0n) is 16.4. The number of hydrogen-bond donors (Lipinski definition) is 1. The highest BCUT2D eigenvalue weighted by atomic mass is 35.5. The summed E-state index contributed by atoms with van der Waals surface area (Å²) in [6.07, 6.45) is 6.65. The molecule has 2 amide bonds. The highest BCUT2D eigenvalue weighted by Gasteiger charge is 2.45. The van der Waals surface area contributed by atoms with E-state index in [0.717, 1.165) is 19.3 Å². The maximum atomic E-state index is 13.4. The highest BCUT2D eigenvalue weighted by molar-refractivity contribution is 8.00. The maximum Gasteiger partial charge on any atom is 0.256 e. The number of methoxy groups -OCH3 is 1. The van der Waals surface area contributed by atoms with Crippen LogP contribution in [0.2, 0.25) is 5.02 Å². The summed E-state index contributed by atoms with van der Waals surface area (Å²) in [4.78, 5) is 28.1. The average Bonchev–Trinajstić information content (AvgIpc) is 3.17. The topological polar surface area (TPSA) is 58.6 Å². The molecule has 5 nitrogen and oxygen atoms in total. The summed E-state index contributed by atoms with van der Waals surface area (Å²) in [5.41, 5.74) is 0.477. The van der Waals surface area contributed by atoms with Gasteiger partial charge in [-0.2, -0.15) is 0 Å². The number of rotatable bonds is 7. The molecule has 1 aromatic rings. The number of nitrogens with zero attached hydrogens (tertiary/aromatic N) is 1. The molecule has 1 aliphatic heterocycles. The van der Waals surface area contributed by atoms with Crippen LogP contribution in [0.5, 0.6) is 0 Å². The van der Waals surface area contributed by atoms with E-state index in [1.807, 2.05) is 17.0 Å². The van der Waals surface area contributed by atoms with Gasteiger partial charge in [-0.05, 0) is 37.3 Å². The lowest BCUT2D eigenvalue weighted by Crippen LogP contribution is -2.51. The van der Waals surface area contributed by atoms with Crippen molar-refractivity contribution in [2.75, 3.05) is 26.0 Å². The molecule has 2 atom stereocenters. The fourth-order valence-electron chi connectivity index (χ4n) is 4.09. The predicted octanol–water partition coefficient (Wildman–Crippen LogP) is 3.96. The smallest absolute Gasteiger partial charge is 0.256 e. The van der Waals surface area contributed by atoms with Gasteiger partial charge in [0.15, 0.2) is 0 Å². The standard InChI is InChI=1S/C21H29ClN2O3S/c1-27-13-7-12-23-19(25)18-14-28-21(15-8-3-2-4-9-15)24(18)20(26)16-10-5-6-11-17(16)22/h5-6,10-11,15,18,21H,2-4,7-9,12-14H2,1H3,(H,23,25). The van der Waals surface area contributed by atoms with Crippen molar-refractivity contribution in [3.8, 4) is 0 Å². The van der Waals surface area contributed by atoms with Gasteiger partial charge in [-0.3, -0.25) is 9.59 Å². The molecule has 2 aliphatic rings. The molecular weight excluding hydrogens is 396 g/mol. The van der Waals surface area contributed by atoms with E-state index in [0.29, 0.717) is 35.4 Å². The van der Waals surface area contributed by atoms with Crippen LogP contribution in [0.4, 0.5) is 0 Å². The van der Waals surface area contributed by atoms with Crippen molar-refractivity contribution in [2.24, 2.45) is 5.92 Å². The zero-order chi connectivity index (χ0) is 19.9. The van der Waals surface area contributed by atoms with E-state index in [2.05, 4.69) is 5.32 Å². The van der Waals surface area contributed by atoms with Crippen LogP contribution in [0.15, 0.2) is 24.3 Å². The molecule has 3 rings (SSSR count). The van der Waals surface area contributed by atoms with Crippen LogP contribution in [0.3, 0.4) is 0 Å². The van der Waals surface area contributed by atoms with Crippen molar-refractivity contribution in [1.82, 2.24) is 10.2 Å². The highest BCUT2D eigenvalue weighted by Crippen LogP contribution is 2.41. The van der Waals surface area contributed by atoms with Crippen molar-refractivity contribution in [2.45, 2.75) is 49.9 Å². The van der Waals surface area contributed by atoms with Crippen molar-refractivity contribution < 1.29 is 14.3 Å². The van der Waals surface area contributed by atoms with E-state index < -0.39 is 6.04 Å². The minimum atomic E-state index is -0.455. The van der Waals surface area contributed by atoms with E-state index in [1.54, 1.807) is 31.0 Å². The molecule has 0 aromatic heterocycles. The number of thioether (sulfide) groups is 1. The number of halogens is 1. The predicted molar refractivity (Wildman–Crippen MR) is 114 cm³/mol. The number of carbonyl (C=O) groups excluding carboxylic acids is 2. The molecule has 1 saturated carbocycles. The summed E-state index contributed by atoms with van der Waals surface area (Å²) in [5.74, 6) is 0.856. The van der Waals surface area contributed by atoms with Gasteiger partial charge in [0.2, 0.25) is 5.91 Å². The van der Waals surface area contributed by atoms with Gasteiger partial charge >= 0.3 is 0 Å². The van der Waals surface area contributed by atoms with Crippen LogP contribution in [0.1, 0.15) is 48.9 Å². The van der Waals surface area contributed by atoms with E-state index in [4.69, 9.17) is 16.3 Å². The molecule has 0 bridgehead atoms. The van der Waals surface area contributed by atoms with Crippen LogP contribution in [-0.4, -0.2) is 54.1 Å². The van der Waals surface area contributed by atoms with Gasteiger partial charge in [-0.25, -0.2) is 0 Å². The molecule has 0 spiro atoms. The Labute approximate surface area is 176 Å². The van der Waals surface area contributed by atoms with Gasteiger partial charge in [0.25, 0.3) is 5.91 Å². The van der Waals surface area contributed by atoms with Gasteiger partial charge in [-0.1, -0.05) is 43.0 Å². The molecule has 2 fully saturated rings. The number of benzene rings is 1. The Morgan fingerprint density at radius 3 is 2.71 bits per heavy atom. The third-order valence-electron chi connectivity index (χ3n) is 5.55. The Balaban J connectivity index is 1.79. The average molecular weight is 425 g/mol. The third kappa shape index (κ3) is 5.02. The van der Waals surface area contributed by atoms with E-state index in [-0.39, 0.29) is 17.2 Å². The Bertz CT molecular complexity index is 681. The first-order valence-corrected chi connectivity index (χ1v) is 11.5. The van der Waals surface area contributed by atoms with Gasteiger partial charge in [0.1, 0.15) is 6.04 Å². The van der Waals surface area contributed by atoms with E-state index in [1.165, 1.54) is 19.3 Å². The second kappa shape index (κ2) is 10.5. The SMILES string of the molecule is COCCCNC(=O)C1CSC(C2CCCCC2)N1C(=O)c1ccccc1Cl. The second-order valence-electron chi connectivity index (χ2n) is 7.47. The third-order valence-corrected chi connectivity index (χ3v) is 7.35. The molecule has 1 saturated heterocycles. The Morgan fingerprint density at radius 1 is 1.25 bits per heavy atom. The quantitative estimate of drug-likeness (QED) is 0.673. The lowest BCUT2D eigenvalue weighted by Gasteiger charge is -2.35. The zero-order valence-corrected chi connectivity index (χ0v) is 17.9. The van der Waals surface area contributed by atoms with Crippen LogP contribution >= 0.6 is 23.4 Å². The van der Waals surface area contributed by atoms with Crippen LogP contribution in [0, 0.1) is 5.92 Å². The Kier molecular flexibility index (Phi) is 8.06. The Morgan fingerprint density at radius 2 is 2.00 bits per heavy atom.